The van der Waals surface area contributed by atoms with Crippen molar-refractivity contribution in [3.63, 3.8) is 0 Å². The molecule has 0 saturated carbocycles. The molecule has 0 bridgehead atoms. The molecular weight excluding hydrogens is 512 g/mol. The minimum atomic E-state index is 0.808. The van der Waals surface area contributed by atoms with Crippen molar-refractivity contribution in [3.8, 4) is 0 Å². The third-order valence-corrected chi connectivity index (χ3v) is 8.66. The van der Waals surface area contributed by atoms with Crippen LogP contribution in [0.25, 0.3) is 43.6 Å². The summed E-state index contributed by atoms with van der Waals surface area (Å²) in [6, 6.07) is 28.0. The topological polar surface area (TPSA) is 51.6 Å². The maximum atomic E-state index is 5.19. The van der Waals surface area contributed by atoms with Crippen molar-refractivity contribution in [3.05, 3.63) is 130 Å². The van der Waals surface area contributed by atoms with Crippen molar-refractivity contribution in [1.82, 2.24) is 19.9 Å². The van der Waals surface area contributed by atoms with Gasteiger partial charge in [-0.2, -0.15) is 0 Å². The van der Waals surface area contributed by atoms with E-state index in [1.807, 2.05) is 24.5 Å². The molecule has 7 aromatic rings. The number of nitrogens with zero attached hydrogens (tertiary/aromatic N) is 4. The van der Waals surface area contributed by atoms with Crippen molar-refractivity contribution < 1.29 is 0 Å². The standard InChI is InChI=1S/C38H34N4/c1-4-24-21-25(5-2)34(23-31-18-16-29-14-12-27-10-8-20-40-36(27)38(29)42-31)32(6-3)33(24)22-30-17-15-28-13-11-26-9-7-19-39-35(26)37(28)41-30/h7-21H,4-6,22-23H2,1-3H3. The molecule has 0 N–H and O–H groups in total. The second kappa shape index (κ2) is 10.9. The SMILES string of the molecule is CCc1cc(CC)c(Cc2ccc3ccc4cccnc4c3n2)c(CC)c1Cc1ccc2ccc3cccnc3c2n1. The van der Waals surface area contributed by atoms with E-state index in [1.165, 1.54) is 27.8 Å². The van der Waals surface area contributed by atoms with Gasteiger partial charge >= 0.3 is 0 Å². The Morgan fingerprint density at radius 1 is 0.452 bits per heavy atom. The number of aryl methyl sites for hydroxylation is 2. The first-order valence-corrected chi connectivity index (χ1v) is 15.1. The van der Waals surface area contributed by atoms with E-state index >= 15 is 0 Å². The van der Waals surface area contributed by atoms with E-state index in [4.69, 9.17) is 9.97 Å². The molecule has 0 aliphatic carbocycles. The van der Waals surface area contributed by atoms with E-state index in [1.54, 1.807) is 0 Å². The van der Waals surface area contributed by atoms with E-state index in [9.17, 15) is 0 Å². The van der Waals surface area contributed by atoms with Crippen LogP contribution in [-0.2, 0) is 32.1 Å². The highest BCUT2D eigenvalue weighted by Gasteiger charge is 2.18. The van der Waals surface area contributed by atoms with Gasteiger partial charge in [0.25, 0.3) is 0 Å². The molecule has 206 valence electrons. The average Bonchev–Trinajstić information content (AvgIpc) is 3.04. The van der Waals surface area contributed by atoms with Crippen LogP contribution in [0.15, 0.2) is 91.3 Å². The minimum absolute atomic E-state index is 0.808. The fourth-order valence-electron chi connectivity index (χ4n) is 6.54. The highest BCUT2D eigenvalue weighted by molar-refractivity contribution is 6.03. The molecule has 0 spiro atoms. The quantitative estimate of drug-likeness (QED) is 0.188. The van der Waals surface area contributed by atoms with Crippen molar-refractivity contribution in [2.24, 2.45) is 0 Å². The first-order chi connectivity index (χ1) is 20.7. The van der Waals surface area contributed by atoms with Crippen LogP contribution in [0.2, 0.25) is 0 Å². The Morgan fingerprint density at radius 3 is 1.31 bits per heavy atom. The third kappa shape index (κ3) is 4.57. The Labute approximate surface area is 246 Å². The zero-order valence-electron chi connectivity index (χ0n) is 24.5. The van der Waals surface area contributed by atoms with Gasteiger partial charge in [-0.25, -0.2) is 0 Å². The van der Waals surface area contributed by atoms with Crippen molar-refractivity contribution in [1.29, 1.82) is 0 Å². The molecule has 0 amide bonds. The molecule has 0 aliphatic heterocycles. The summed E-state index contributed by atoms with van der Waals surface area (Å²) in [5.74, 6) is 0. The van der Waals surface area contributed by atoms with E-state index in [-0.39, 0.29) is 0 Å². The third-order valence-electron chi connectivity index (χ3n) is 8.66. The van der Waals surface area contributed by atoms with Crippen molar-refractivity contribution >= 4 is 43.6 Å². The lowest BCUT2D eigenvalue weighted by Crippen LogP contribution is -2.10. The van der Waals surface area contributed by atoms with Gasteiger partial charge in [-0.15, -0.1) is 0 Å². The molecule has 0 radical (unpaired) electrons. The lowest BCUT2D eigenvalue weighted by Gasteiger charge is -2.22. The highest BCUT2D eigenvalue weighted by Crippen LogP contribution is 2.31. The highest BCUT2D eigenvalue weighted by atomic mass is 14.8. The summed E-state index contributed by atoms with van der Waals surface area (Å²) < 4.78 is 0. The molecular formula is C38H34N4. The molecule has 0 unspecified atom stereocenters. The zero-order chi connectivity index (χ0) is 28.6. The summed E-state index contributed by atoms with van der Waals surface area (Å²) in [5, 5.41) is 4.50. The normalized spacial score (nSPS) is 11.7. The van der Waals surface area contributed by atoms with Gasteiger partial charge in [0, 0.05) is 58.2 Å². The minimum Gasteiger partial charge on any atom is -0.254 e. The Morgan fingerprint density at radius 2 is 0.881 bits per heavy atom. The van der Waals surface area contributed by atoms with Crippen molar-refractivity contribution in [2.75, 3.05) is 0 Å². The van der Waals surface area contributed by atoms with Crippen LogP contribution in [-0.4, -0.2) is 19.9 Å². The van der Waals surface area contributed by atoms with Crippen molar-refractivity contribution in [2.45, 2.75) is 52.9 Å². The number of hydrogen-bond donors (Lipinski definition) is 0. The summed E-state index contributed by atoms with van der Waals surface area (Å²) in [6.07, 6.45) is 8.30. The van der Waals surface area contributed by atoms with Crippen LogP contribution in [0.3, 0.4) is 0 Å². The van der Waals surface area contributed by atoms with Crippen LogP contribution in [0.5, 0.6) is 0 Å². The number of benzene rings is 3. The zero-order valence-corrected chi connectivity index (χ0v) is 24.5. The fraction of sp³-hybridized carbons (Fsp3) is 0.211. The molecule has 0 saturated heterocycles. The Balaban J connectivity index is 1.34. The van der Waals surface area contributed by atoms with Gasteiger partial charge in [0.15, 0.2) is 0 Å². The van der Waals surface area contributed by atoms with Crippen LogP contribution in [0.4, 0.5) is 0 Å². The molecule has 4 heteroatoms. The Hall–Kier alpha value is -4.70. The Kier molecular flexibility index (Phi) is 6.83. The van der Waals surface area contributed by atoms with Crippen LogP contribution in [0.1, 0.15) is 60.0 Å². The fourth-order valence-corrected chi connectivity index (χ4v) is 6.54. The molecule has 4 nitrogen and oxygen atoms in total. The molecule has 0 atom stereocenters. The first kappa shape index (κ1) is 26.2. The van der Waals surface area contributed by atoms with Gasteiger partial charge in [-0.05, 0) is 71.3 Å². The summed E-state index contributed by atoms with van der Waals surface area (Å²) in [5.41, 5.74) is 13.2. The van der Waals surface area contributed by atoms with Crippen LogP contribution < -0.4 is 0 Å². The Bertz CT molecular complexity index is 1960. The number of aromatic nitrogens is 4. The molecule has 42 heavy (non-hydrogen) atoms. The maximum Gasteiger partial charge on any atom is 0.0967 e. The van der Waals surface area contributed by atoms with Gasteiger partial charge in [0.1, 0.15) is 0 Å². The van der Waals surface area contributed by atoms with Crippen LogP contribution >= 0.6 is 0 Å². The summed E-state index contributed by atoms with van der Waals surface area (Å²) in [7, 11) is 0. The van der Waals surface area contributed by atoms with Gasteiger partial charge in [-0.1, -0.05) is 75.4 Å². The maximum absolute atomic E-state index is 5.19. The van der Waals surface area contributed by atoms with Gasteiger partial charge < -0.3 is 0 Å². The molecule has 4 heterocycles. The van der Waals surface area contributed by atoms with E-state index in [2.05, 4.69) is 97.5 Å². The number of fused-ring (bicyclic) bond motifs is 6. The van der Waals surface area contributed by atoms with E-state index in [0.29, 0.717) is 0 Å². The van der Waals surface area contributed by atoms with E-state index < -0.39 is 0 Å². The largest absolute Gasteiger partial charge is 0.254 e. The first-order valence-electron chi connectivity index (χ1n) is 15.1. The lowest BCUT2D eigenvalue weighted by molar-refractivity contribution is 0.918. The summed E-state index contributed by atoms with van der Waals surface area (Å²) in [4.78, 5) is 19.7. The molecule has 0 fully saturated rings. The van der Waals surface area contributed by atoms with Gasteiger partial charge in [0.05, 0.1) is 22.1 Å². The second-order valence-corrected chi connectivity index (χ2v) is 11.1. The number of pyridine rings is 4. The monoisotopic (exact) mass is 546 g/mol. The number of hydrogen-bond acceptors (Lipinski definition) is 4. The molecule has 3 aromatic carbocycles. The molecule has 7 rings (SSSR count). The predicted molar refractivity (Wildman–Crippen MR) is 174 cm³/mol. The van der Waals surface area contributed by atoms with Crippen LogP contribution in [0, 0.1) is 0 Å². The smallest absolute Gasteiger partial charge is 0.0967 e. The average molecular weight is 547 g/mol. The number of rotatable bonds is 7. The van der Waals surface area contributed by atoms with Gasteiger partial charge in [0.2, 0.25) is 0 Å². The lowest BCUT2D eigenvalue weighted by atomic mass is 9.84. The molecule has 0 aliphatic rings. The van der Waals surface area contributed by atoms with Gasteiger partial charge in [-0.3, -0.25) is 19.9 Å². The summed E-state index contributed by atoms with van der Waals surface area (Å²) in [6.45, 7) is 6.83. The molecule has 4 aromatic heterocycles. The second-order valence-electron chi connectivity index (χ2n) is 11.1. The predicted octanol–water partition coefficient (Wildman–Crippen LogP) is 8.75. The summed E-state index contributed by atoms with van der Waals surface area (Å²) >= 11 is 0. The van der Waals surface area contributed by atoms with E-state index in [0.717, 1.165) is 87.1 Å².